The Morgan fingerprint density at radius 3 is 2.76 bits per heavy atom. The number of carbonyl (C=O) groups is 1. The molecule has 2 heterocycles. The molecule has 86 valence electrons. The number of aromatic nitrogens is 2. The average Bonchev–Trinajstić information content (AvgIpc) is 2.29. The van der Waals surface area contributed by atoms with E-state index in [0.29, 0.717) is 5.82 Å². The monoisotopic (exact) mass is 251 g/mol. The summed E-state index contributed by atoms with van der Waals surface area (Å²) in [6.07, 6.45) is 1.15. The molecule has 2 rings (SSSR count). The minimum atomic E-state index is -0.637. The number of nitrogens with zero attached hydrogens (tertiary/aromatic N) is 2. The van der Waals surface area contributed by atoms with Gasteiger partial charge in [0.2, 0.25) is 5.95 Å². The van der Waals surface area contributed by atoms with Crippen LogP contribution in [0.5, 0.6) is 0 Å². The lowest BCUT2D eigenvalue weighted by Gasteiger charge is -2.03. The molecule has 6 heteroatoms. The first-order valence-corrected chi connectivity index (χ1v) is 5.08. The average molecular weight is 252 g/mol. The van der Waals surface area contributed by atoms with Gasteiger partial charge in [-0.05, 0) is 24.3 Å². The number of anilines is 1. The number of carbonyl (C=O) groups excluding carboxylic acids is 1. The fraction of sp³-hybridized carbons (Fsp3) is 0. The van der Waals surface area contributed by atoms with Crippen molar-refractivity contribution >= 4 is 23.3 Å². The maximum absolute atomic E-state index is 12.6. The molecule has 2 aromatic rings. The summed E-state index contributed by atoms with van der Waals surface area (Å²) in [4.78, 5) is 19.0. The molecule has 0 saturated heterocycles. The van der Waals surface area contributed by atoms with Gasteiger partial charge in [-0.1, -0.05) is 17.7 Å². The molecular weight excluding hydrogens is 245 g/mol. The highest BCUT2D eigenvalue weighted by Gasteiger charge is 2.07. The zero-order chi connectivity index (χ0) is 12.3. The van der Waals surface area contributed by atoms with Gasteiger partial charge < -0.3 is 5.32 Å². The molecule has 0 aliphatic carbocycles. The highest BCUT2D eigenvalue weighted by atomic mass is 35.5. The van der Waals surface area contributed by atoms with Gasteiger partial charge >= 0.3 is 0 Å². The quantitative estimate of drug-likeness (QED) is 0.835. The van der Waals surface area contributed by atoms with Crippen LogP contribution in [-0.2, 0) is 0 Å². The first kappa shape index (κ1) is 11.5. The highest BCUT2D eigenvalue weighted by Crippen LogP contribution is 2.10. The minimum Gasteiger partial charge on any atom is -0.306 e. The van der Waals surface area contributed by atoms with Crippen LogP contribution in [0.2, 0.25) is 5.15 Å². The molecule has 0 atom stereocenters. The van der Waals surface area contributed by atoms with Crippen molar-refractivity contribution in [1.82, 2.24) is 9.97 Å². The number of amides is 1. The van der Waals surface area contributed by atoms with E-state index < -0.39 is 11.9 Å². The van der Waals surface area contributed by atoms with Gasteiger partial charge in [-0.2, -0.15) is 4.39 Å². The van der Waals surface area contributed by atoms with Gasteiger partial charge in [0.25, 0.3) is 5.91 Å². The second-order valence-corrected chi connectivity index (χ2v) is 3.56. The van der Waals surface area contributed by atoms with E-state index in [2.05, 4.69) is 15.3 Å². The second-order valence-electron chi connectivity index (χ2n) is 3.17. The van der Waals surface area contributed by atoms with Crippen LogP contribution in [0.3, 0.4) is 0 Å². The maximum atomic E-state index is 12.6. The Balaban J connectivity index is 2.14. The number of halogens is 2. The van der Waals surface area contributed by atoms with Gasteiger partial charge in [-0.3, -0.25) is 4.79 Å². The first-order chi connectivity index (χ1) is 8.15. The molecule has 0 spiro atoms. The highest BCUT2D eigenvalue weighted by molar-refractivity contribution is 6.29. The van der Waals surface area contributed by atoms with E-state index >= 15 is 0 Å². The van der Waals surface area contributed by atoms with Crippen LogP contribution in [0.1, 0.15) is 10.4 Å². The van der Waals surface area contributed by atoms with Crippen molar-refractivity contribution in [2.24, 2.45) is 0 Å². The van der Waals surface area contributed by atoms with Crippen LogP contribution in [-0.4, -0.2) is 15.9 Å². The summed E-state index contributed by atoms with van der Waals surface area (Å²) in [7, 11) is 0. The Morgan fingerprint density at radius 1 is 1.29 bits per heavy atom. The Hall–Kier alpha value is -2.01. The van der Waals surface area contributed by atoms with Crippen molar-refractivity contribution in [3.05, 3.63) is 53.2 Å². The van der Waals surface area contributed by atoms with E-state index in [1.807, 2.05) is 0 Å². The van der Waals surface area contributed by atoms with Crippen molar-refractivity contribution in [2.75, 3.05) is 5.32 Å². The molecule has 0 saturated carbocycles. The van der Waals surface area contributed by atoms with E-state index in [1.54, 1.807) is 18.2 Å². The first-order valence-electron chi connectivity index (χ1n) is 4.70. The van der Waals surface area contributed by atoms with Gasteiger partial charge in [-0.25, -0.2) is 9.97 Å². The van der Waals surface area contributed by atoms with Gasteiger partial charge in [-0.15, -0.1) is 0 Å². The Morgan fingerprint density at radius 2 is 2.12 bits per heavy atom. The zero-order valence-electron chi connectivity index (χ0n) is 8.52. The van der Waals surface area contributed by atoms with E-state index in [-0.39, 0.29) is 10.7 Å². The fourth-order valence-corrected chi connectivity index (χ4v) is 1.34. The molecule has 2 aromatic heterocycles. The number of pyridine rings is 2. The summed E-state index contributed by atoms with van der Waals surface area (Å²) in [5.74, 6) is -0.735. The Bertz CT molecular complexity index is 545. The van der Waals surface area contributed by atoms with Crippen molar-refractivity contribution < 1.29 is 9.18 Å². The zero-order valence-corrected chi connectivity index (χ0v) is 9.28. The lowest BCUT2D eigenvalue weighted by Crippen LogP contribution is -2.13. The molecule has 4 nitrogen and oxygen atoms in total. The fourth-order valence-electron chi connectivity index (χ4n) is 1.18. The molecule has 17 heavy (non-hydrogen) atoms. The van der Waals surface area contributed by atoms with Gasteiger partial charge in [0.05, 0.1) is 5.56 Å². The predicted octanol–water partition coefficient (Wildman–Crippen LogP) is 2.52. The topological polar surface area (TPSA) is 54.9 Å². The van der Waals surface area contributed by atoms with Crippen molar-refractivity contribution in [3.8, 4) is 0 Å². The Labute approximate surface area is 101 Å². The molecule has 0 fully saturated rings. The third-order valence-electron chi connectivity index (χ3n) is 1.95. The lowest BCUT2D eigenvalue weighted by molar-refractivity contribution is 0.102. The van der Waals surface area contributed by atoms with Crippen molar-refractivity contribution in [2.45, 2.75) is 0 Å². The van der Waals surface area contributed by atoms with Gasteiger partial charge in [0, 0.05) is 6.20 Å². The normalized spacial score (nSPS) is 10.0. The SMILES string of the molecule is O=C(Nc1cccc(Cl)n1)c1ccc(F)nc1. The molecule has 1 N–H and O–H groups in total. The molecule has 0 radical (unpaired) electrons. The molecule has 0 bridgehead atoms. The number of rotatable bonds is 2. The minimum absolute atomic E-state index is 0.244. The van der Waals surface area contributed by atoms with Crippen LogP contribution in [0.15, 0.2) is 36.5 Å². The smallest absolute Gasteiger partial charge is 0.258 e. The Kier molecular flexibility index (Phi) is 3.30. The van der Waals surface area contributed by atoms with Gasteiger partial charge in [0.1, 0.15) is 11.0 Å². The van der Waals surface area contributed by atoms with Crippen molar-refractivity contribution in [1.29, 1.82) is 0 Å². The van der Waals surface area contributed by atoms with E-state index in [0.717, 1.165) is 12.3 Å². The van der Waals surface area contributed by atoms with E-state index in [1.165, 1.54) is 6.07 Å². The third kappa shape index (κ3) is 2.98. The third-order valence-corrected chi connectivity index (χ3v) is 2.16. The molecule has 0 aliphatic heterocycles. The summed E-state index contributed by atoms with van der Waals surface area (Å²) in [6, 6.07) is 7.30. The summed E-state index contributed by atoms with van der Waals surface area (Å²) < 4.78 is 12.6. The van der Waals surface area contributed by atoms with Crippen LogP contribution in [0.25, 0.3) is 0 Å². The molecule has 0 aromatic carbocycles. The molecular formula is C11H7ClFN3O. The summed E-state index contributed by atoms with van der Waals surface area (Å²) in [5.41, 5.74) is 0.244. The standard InChI is InChI=1S/C11H7ClFN3O/c12-8-2-1-3-10(15-8)16-11(17)7-4-5-9(13)14-6-7/h1-6H,(H,15,16,17). The predicted molar refractivity (Wildman–Crippen MR) is 61.4 cm³/mol. The maximum Gasteiger partial charge on any atom is 0.258 e. The van der Waals surface area contributed by atoms with E-state index in [9.17, 15) is 9.18 Å². The van der Waals surface area contributed by atoms with Gasteiger partial charge in [0.15, 0.2) is 0 Å². The molecule has 0 unspecified atom stereocenters. The van der Waals surface area contributed by atoms with Crippen LogP contribution < -0.4 is 5.32 Å². The van der Waals surface area contributed by atoms with Crippen LogP contribution in [0, 0.1) is 5.95 Å². The van der Waals surface area contributed by atoms with E-state index in [4.69, 9.17) is 11.6 Å². The summed E-state index contributed by atoms with van der Waals surface area (Å²) in [6.45, 7) is 0. The number of nitrogens with one attached hydrogen (secondary N) is 1. The van der Waals surface area contributed by atoms with Crippen molar-refractivity contribution in [3.63, 3.8) is 0 Å². The van der Waals surface area contributed by atoms with Crippen LogP contribution in [0.4, 0.5) is 10.2 Å². The summed E-state index contributed by atoms with van der Waals surface area (Å²) >= 11 is 5.67. The van der Waals surface area contributed by atoms with Crippen LogP contribution >= 0.6 is 11.6 Å². The number of hydrogen-bond donors (Lipinski definition) is 1. The lowest BCUT2D eigenvalue weighted by atomic mass is 10.2. The molecule has 1 amide bonds. The summed E-state index contributed by atoms with van der Waals surface area (Å²) in [5, 5.41) is 2.80. The largest absolute Gasteiger partial charge is 0.306 e. The second kappa shape index (κ2) is 4.88. The number of hydrogen-bond acceptors (Lipinski definition) is 3. The molecule has 0 aliphatic rings.